The van der Waals surface area contributed by atoms with E-state index >= 15 is 0 Å². The maximum atomic E-state index is 12.1. The fourth-order valence-electron chi connectivity index (χ4n) is 3.04. The van der Waals surface area contributed by atoms with Crippen molar-refractivity contribution < 1.29 is 9.53 Å². The first-order valence-corrected chi connectivity index (χ1v) is 9.07. The molecule has 134 valence electrons. The van der Waals surface area contributed by atoms with Gasteiger partial charge >= 0.3 is 6.03 Å². The van der Waals surface area contributed by atoms with Gasteiger partial charge in [-0.25, -0.2) is 4.79 Å². The number of hydrogen-bond donors (Lipinski definition) is 2. The lowest BCUT2D eigenvalue weighted by Gasteiger charge is -2.20. The van der Waals surface area contributed by atoms with Gasteiger partial charge in [0.1, 0.15) is 5.75 Å². The number of nitrogens with zero attached hydrogens (tertiary/aromatic N) is 1. The van der Waals surface area contributed by atoms with Crippen LogP contribution in [0.3, 0.4) is 0 Å². The third-order valence-electron chi connectivity index (χ3n) is 4.29. The summed E-state index contributed by atoms with van der Waals surface area (Å²) in [6, 6.07) is 5.33. The van der Waals surface area contributed by atoms with Gasteiger partial charge in [0, 0.05) is 30.2 Å². The average Bonchev–Trinajstić information content (AvgIpc) is 2.76. The second-order valence-corrected chi connectivity index (χ2v) is 6.81. The standard InChI is InChI=1S/C18H28ClN3O2/c1-3-24-17-10-16(19)8-7-15(17)12-21-18(23)20-11-14-6-4-5-9-22(2)13-14/h7-8,10,14H,3-6,9,11-13H2,1-2H3,(H2,20,21,23). The van der Waals surface area contributed by atoms with E-state index in [1.54, 1.807) is 12.1 Å². The van der Waals surface area contributed by atoms with E-state index in [0.717, 1.165) is 30.9 Å². The van der Waals surface area contributed by atoms with Crippen molar-refractivity contribution in [1.82, 2.24) is 15.5 Å². The molecule has 1 aromatic carbocycles. The van der Waals surface area contributed by atoms with Gasteiger partial charge in [0.05, 0.1) is 6.61 Å². The molecule has 0 saturated carbocycles. The molecule has 1 aliphatic heterocycles. The van der Waals surface area contributed by atoms with Crippen molar-refractivity contribution in [3.05, 3.63) is 28.8 Å². The third kappa shape index (κ3) is 6.21. The molecule has 0 radical (unpaired) electrons. The van der Waals surface area contributed by atoms with Crippen molar-refractivity contribution in [2.24, 2.45) is 5.92 Å². The Morgan fingerprint density at radius 3 is 3.00 bits per heavy atom. The zero-order chi connectivity index (χ0) is 17.4. The molecule has 1 aromatic rings. The van der Waals surface area contributed by atoms with E-state index < -0.39 is 0 Å². The highest BCUT2D eigenvalue weighted by Gasteiger charge is 2.16. The number of amides is 2. The Bertz CT molecular complexity index is 539. The lowest BCUT2D eigenvalue weighted by Crippen LogP contribution is -2.40. The summed E-state index contributed by atoms with van der Waals surface area (Å²) in [6.07, 6.45) is 3.66. The summed E-state index contributed by atoms with van der Waals surface area (Å²) in [6.45, 7) is 5.83. The molecule has 2 amide bonds. The van der Waals surface area contributed by atoms with E-state index in [2.05, 4.69) is 22.6 Å². The van der Waals surface area contributed by atoms with Crippen molar-refractivity contribution in [3.63, 3.8) is 0 Å². The minimum atomic E-state index is -0.140. The zero-order valence-corrected chi connectivity index (χ0v) is 15.4. The van der Waals surface area contributed by atoms with Crippen LogP contribution in [0.5, 0.6) is 5.75 Å². The molecule has 1 heterocycles. The van der Waals surface area contributed by atoms with Crippen molar-refractivity contribution in [1.29, 1.82) is 0 Å². The number of rotatable bonds is 6. The van der Waals surface area contributed by atoms with E-state index in [-0.39, 0.29) is 6.03 Å². The van der Waals surface area contributed by atoms with Gasteiger partial charge in [0.15, 0.2) is 0 Å². The molecule has 0 aliphatic carbocycles. The summed E-state index contributed by atoms with van der Waals surface area (Å²) in [7, 11) is 2.15. The van der Waals surface area contributed by atoms with Crippen LogP contribution in [0.15, 0.2) is 18.2 Å². The fraction of sp³-hybridized carbons (Fsp3) is 0.611. The minimum absolute atomic E-state index is 0.140. The number of benzene rings is 1. The summed E-state index contributed by atoms with van der Waals surface area (Å²) >= 11 is 5.99. The number of carbonyl (C=O) groups is 1. The largest absolute Gasteiger partial charge is 0.493 e. The van der Waals surface area contributed by atoms with Crippen LogP contribution in [0.25, 0.3) is 0 Å². The normalized spacial score (nSPS) is 18.7. The summed E-state index contributed by atoms with van der Waals surface area (Å²) in [5, 5.41) is 6.52. The van der Waals surface area contributed by atoms with Gasteiger partial charge in [-0.15, -0.1) is 0 Å². The number of halogens is 1. The summed E-state index contributed by atoms with van der Waals surface area (Å²) < 4.78 is 5.57. The van der Waals surface area contributed by atoms with Crippen molar-refractivity contribution in [2.75, 3.05) is 33.3 Å². The number of hydrogen-bond acceptors (Lipinski definition) is 3. The number of urea groups is 1. The molecule has 6 heteroatoms. The number of carbonyl (C=O) groups excluding carboxylic acids is 1. The second-order valence-electron chi connectivity index (χ2n) is 6.37. The third-order valence-corrected chi connectivity index (χ3v) is 4.53. The molecule has 24 heavy (non-hydrogen) atoms. The van der Waals surface area contributed by atoms with Gasteiger partial charge in [0.2, 0.25) is 0 Å². The molecule has 0 spiro atoms. The Labute approximate surface area is 149 Å². The first-order chi connectivity index (χ1) is 11.6. The summed E-state index contributed by atoms with van der Waals surface area (Å²) in [4.78, 5) is 14.4. The Morgan fingerprint density at radius 1 is 1.38 bits per heavy atom. The van der Waals surface area contributed by atoms with E-state index in [9.17, 15) is 4.79 Å². The van der Waals surface area contributed by atoms with Crippen molar-refractivity contribution in [2.45, 2.75) is 32.7 Å². The van der Waals surface area contributed by atoms with E-state index in [1.807, 2.05) is 13.0 Å². The Kier molecular flexibility index (Phi) is 7.66. The van der Waals surface area contributed by atoms with Gasteiger partial charge in [-0.2, -0.15) is 0 Å². The van der Waals surface area contributed by atoms with Crippen LogP contribution in [0.4, 0.5) is 4.79 Å². The highest BCUT2D eigenvalue weighted by atomic mass is 35.5. The number of nitrogens with one attached hydrogen (secondary N) is 2. The number of ether oxygens (including phenoxy) is 1. The van der Waals surface area contributed by atoms with E-state index in [0.29, 0.717) is 24.1 Å². The van der Waals surface area contributed by atoms with Crippen LogP contribution in [0.1, 0.15) is 31.7 Å². The average molecular weight is 354 g/mol. The molecule has 2 rings (SSSR count). The maximum Gasteiger partial charge on any atom is 0.315 e. The molecule has 1 atom stereocenters. The molecule has 1 unspecified atom stereocenters. The fourth-order valence-corrected chi connectivity index (χ4v) is 3.21. The quantitative estimate of drug-likeness (QED) is 0.825. The molecule has 5 nitrogen and oxygen atoms in total. The lowest BCUT2D eigenvalue weighted by atomic mass is 10.0. The van der Waals surface area contributed by atoms with Crippen molar-refractivity contribution >= 4 is 17.6 Å². The molecule has 1 aliphatic rings. The molecular formula is C18H28ClN3O2. The summed E-state index contributed by atoms with van der Waals surface area (Å²) in [5.74, 6) is 1.24. The topological polar surface area (TPSA) is 53.6 Å². The van der Waals surface area contributed by atoms with Gasteiger partial charge in [-0.1, -0.05) is 24.1 Å². The highest BCUT2D eigenvalue weighted by Crippen LogP contribution is 2.23. The Morgan fingerprint density at radius 2 is 2.21 bits per heavy atom. The predicted octanol–water partition coefficient (Wildman–Crippen LogP) is 3.27. The van der Waals surface area contributed by atoms with Gasteiger partial charge in [-0.05, 0) is 51.4 Å². The second kappa shape index (κ2) is 9.74. The molecule has 0 bridgehead atoms. The highest BCUT2D eigenvalue weighted by molar-refractivity contribution is 6.30. The van der Waals surface area contributed by atoms with Crippen LogP contribution in [-0.4, -0.2) is 44.2 Å². The molecule has 1 fully saturated rings. The zero-order valence-electron chi connectivity index (χ0n) is 14.6. The molecule has 0 aromatic heterocycles. The molecule has 1 saturated heterocycles. The smallest absolute Gasteiger partial charge is 0.315 e. The SMILES string of the molecule is CCOc1cc(Cl)ccc1CNC(=O)NCC1CCCCN(C)C1. The molecule has 2 N–H and O–H groups in total. The van der Waals surface area contributed by atoms with Gasteiger partial charge < -0.3 is 20.3 Å². The predicted molar refractivity (Wildman–Crippen MR) is 97.7 cm³/mol. The Hall–Kier alpha value is -1.46. The summed E-state index contributed by atoms with van der Waals surface area (Å²) in [5.41, 5.74) is 0.922. The van der Waals surface area contributed by atoms with E-state index in [1.165, 1.54) is 19.3 Å². The lowest BCUT2D eigenvalue weighted by molar-refractivity contribution is 0.234. The van der Waals surface area contributed by atoms with E-state index in [4.69, 9.17) is 16.3 Å². The van der Waals surface area contributed by atoms with Gasteiger partial charge in [-0.3, -0.25) is 0 Å². The maximum absolute atomic E-state index is 12.1. The monoisotopic (exact) mass is 353 g/mol. The van der Waals surface area contributed by atoms with Crippen LogP contribution in [-0.2, 0) is 6.54 Å². The van der Waals surface area contributed by atoms with Crippen LogP contribution >= 0.6 is 11.6 Å². The Balaban J connectivity index is 1.78. The van der Waals surface area contributed by atoms with Crippen LogP contribution < -0.4 is 15.4 Å². The molecular weight excluding hydrogens is 326 g/mol. The van der Waals surface area contributed by atoms with Crippen LogP contribution in [0.2, 0.25) is 5.02 Å². The number of likely N-dealkylation sites (tertiary alicyclic amines) is 1. The van der Waals surface area contributed by atoms with Crippen molar-refractivity contribution in [3.8, 4) is 5.75 Å². The van der Waals surface area contributed by atoms with Crippen LogP contribution in [0, 0.1) is 5.92 Å². The first-order valence-electron chi connectivity index (χ1n) is 8.70. The van der Waals surface area contributed by atoms with Gasteiger partial charge in [0.25, 0.3) is 0 Å². The minimum Gasteiger partial charge on any atom is -0.493 e. The first kappa shape index (κ1) is 18.9.